The first-order chi connectivity index (χ1) is 9.52. The minimum atomic E-state index is -1.13. The van der Waals surface area contributed by atoms with Crippen LogP contribution in [0.1, 0.15) is 21.8 Å². The van der Waals surface area contributed by atoms with Crippen LogP contribution in [0.4, 0.5) is 8.78 Å². The second kappa shape index (κ2) is 5.93. The van der Waals surface area contributed by atoms with E-state index in [9.17, 15) is 13.6 Å². The van der Waals surface area contributed by atoms with Crippen molar-refractivity contribution < 1.29 is 13.6 Å². The quantitative estimate of drug-likeness (QED) is 0.788. The van der Waals surface area contributed by atoms with E-state index in [4.69, 9.17) is 5.26 Å². The van der Waals surface area contributed by atoms with Gasteiger partial charge >= 0.3 is 0 Å². The summed E-state index contributed by atoms with van der Waals surface area (Å²) in [5.41, 5.74) is 0.161. The number of nitrogens with zero attached hydrogens (tertiary/aromatic N) is 1. The van der Waals surface area contributed by atoms with Crippen molar-refractivity contribution in [1.82, 2.24) is 0 Å². The third kappa shape index (κ3) is 2.91. The van der Waals surface area contributed by atoms with Gasteiger partial charge < -0.3 is 0 Å². The van der Waals surface area contributed by atoms with Crippen molar-refractivity contribution in [3.63, 3.8) is 0 Å². The monoisotopic (exact) mass is 335 g/mol. The number of nitriles is 1. The summed E-state index contributed by atoms with van der Waals surface area (Å²) in [4.78, 5) is 12.2. The molecule has 0 bridgehead atoms. The number of hydrogen-bond acceptors (Lipinski definition) is 2. The molecule has 20 heavy (non-hydrogen) atoms. The Labute approximate surface area is 122 Å². The highest BCUT2D eigenvalue weighted by atomic mass is 79.9. The van der Waals surface area contributed by atoms with Crippen LogP contribution in [0.5, 0.6) is 0 Å². The van der Waals surface area contributed by atoms with Gasteiger partial charge in [-0.1, -0.05) is 28.1 Å². The summed E-state index contributed by atoms with van der Waals surface area (Å²) in [5, 5.41) is 9.16. The molecule has 1 atom stereocenters. The lowest BCUT2D eigenvalue weighted by Crippen LogP contribution is -2.13. The van der Waals surface area contributed by atoms with E-state index >= 15 is 0 Å². The molecular formula is C15H8BrF2NO. The average molecular weight is 336 g/mol. The summed E-state index contributed by atoms with van der Waals surface area (Å²) in [5.74, 6) is -3.56. The fraction of sp³-hybridized carbons (Fsp3) is 0.0667. The van der Waals surface area contributed by atoms with Crippen molar-refractivity contribution in [3.05, 3.63) is 69.7 Å². The number of ketones is 1. The zero-order chi connectivity index (χ0) is 14.7. The Balaban J connectivity index is 2.42. The van der Waals surface area contributed by atoms with Gasteiger partial charge in [0.15, 0.2) is 5.78 Å². The maximum atomic E-state index is 13.6. The van der Waals surface area contributed by atoms with E-state index in [1.165, 1.54) is 0 Å². The molecule has 0 fully saturated rings. The second-order valence-electron chi connectivity index (χ2n) is 4.11. The van der Waals surface area contributed by atoms with Gasteiger partial charge in [0.25, 0.3) is 0 Å². The van der Waals surface area contributed by atoms with E-state index in [1.54, 1.807) is 24.3 Å². The van der Waals surface area contributed by atoms with Gasteiger partial charge in [-0.05, 0) is 29.8 Å². The van der Waals surface area contributed by atoms with Crippen LogP contribution >= 0.6 is 15.9 Å². The van der Waals surface area contributed by atoms with Crippen molar-refractivity contribution in [2.75, 3.05) is 0 Å². The molecule has 2 rings (SSSR count). The van der Waals surface area contributed by atoms with E-state index < -0.39 is 23.3 Å². The molecule has 0 saturated carbocycles. The van der Waals surface area contributed by atoms with Crippen LogP contribution in [0.15, 0.2) is 46.9 Å². The van der Waals surface area contributed by atoms with Crippen molar-refractivity contribution in [2.24, 2.45) is 0 Å². The molecule has 2 aromatic rings. The number of rotatable bonds is 3. The highest BCUT2D eigenvalue weighted by Crippen LogP contribution is 2.24. The largest absolute Gasteiger partial charge is 0.292 e. The minimum Gasteiger partial charge on any atom is -0.292 e. The molecule has 5 heteroatoms. The Morgan fingerprint density at radius 1 is 1.20 bits per heavy atom. The third-order valence-electron chi connectivity index (χ3n) is 2.77. The maximum Gasteiger partial charge on any atom is 0.187 e. The predicted octanol–water partition coefficient (Wildman–Crippen LogP) is 4.22. The van der Waals surface area contributed by atoms with Gasteiger partial charge in [0, 0.05) is 10.5 Å². The summed E-state index contributed by atoms with van der Waals surface area (Å²) in [6, 6.07) is 11.2. The van der Waals surface area contributed by atoms with Gasteiger partial charge in [-0.25, -0.2) is 8.78 Å². The Morgan fingerprint density at radius 2 is 1.95 bits per heavy atom. The predicted molar refractivity (Wildman–Crippen MR) is 73.2 cm³/mol. The summed E-state index contributed by atoms with van der Waals surface area (Å²) in [7, 11) is 0. The molecule has 0 radical (unpaired) electrons. The second-order valence-corrected chi connectivity index (χ2v) is 5.02. The van der Waals surface area contributed by atoms with Crippen molar-refractivity contribution in [2.45, 2.75) is 5.92 Å². The van der Waals surface area contributed by atoms with Crippen LogP contribution in [0.3, 0.4) is 0 Å². The van der Waals surface area contributed by atoms with Crippen LogP contribution in [-0.4, -0.2) is 5.78 Å². The number of Topliss-reactive ketones (excluding diaryl/α,β-unsaturated/α-hetero) is 1. The van der Waals surface area contributed by atoms with E-state index in [2.05, 4.69) is 15.9 Å². The molecule has 0 aliphatic heterocycles. The zero-order valence-electron chi connectivity index (χ0n) is 10.1. The molecule has 0 aromatic heterocycles. The topological polar surface area (TPSA) is 40.9 Å². The number of carbonyl (C=O) groups is 1. The summed E-state index contributed by atoms with van der Waals surface area (Å²) in [6.07, 6.45) is 0. The Kier molecular flexibility index (Phi) is 4.26. The number of carbonyl (C=O) groups excluding carboxylic acids is 1. The van der Waals surface area contributed by atoms with Crippen LogP contribution in [0.2, 0.25) is 0 Å². The van der Waals surface area contributed by atoms with Gasteiger partial charge in [0.2, 0.25) is 0 Å². The number of benzene rings is 2. The summed E-state index contributed by atoms with van der Waals surface area (Å²) in [6.45, 7) is 0. The van der Waals surface area contributed by atoms with E-state index in [0.717, 1.165) is 12.1 Å². The van der Waals surface area contributed by atoms with Gasteiger partial charge in [-0.3, -0.25) is 4.79 Å². The maximum absolute atomic E-state index is 13.6. The van der Waals surface area contributed by atoms with Gasteiger partial charge in [0.05, 0.1) is 11.6 Å². The first-order valence-electron chi connectivity index (χ1n) is 5.67. The van der Waals surface area contributed by atoms with Gasteiger partial charge in [-0.2, -0.15) is 5.26 Å². The normalized spacial score (nSPS) is 11.7. The lowest BCUT2D eigenvalue weighted by Gasteiger charge is -2.09. The number of hydrogen-bond donors (Lipinski definition) is 0. The lowest BCUT2D eigenvalue weighted by atomic mass is 9.91. The van der Waals surface area contributed by atoms with Crippen LogP contribution in [0, 0.1) is 23.0 Å². The lowest BCUT2D eigenvalue weighted by molar-refractivity contribution is 0.0975. The molecule has 0 aliphatic carbocycles. The molecule has 0 aliphatic rings. The molecule has 1 unspecified atom stereocenters. The fourth-order valence-corrected chi connectivity index (χ4v) is 2.23. The SMILES string of the molecule is N#CC(C(=O)c1ccc(F)cc1F)c1cccc(Br)c1. The van der Waals surface area contributed by atoms with Gasteiger partial charge in [0.1, 0.15) is 17.6 Å². The summed E-state index contributed by atoms with van der Waals surface area (Å²) < 4.78 is 27.2. The Bertz CT molecular complexity index is 709. The number of halogens is 3. The molecule has 0 N–H and O–H groups in total. The molecule has 2 aromatic carbocycles. The van der Waals surface area contributed by atoms with E-state index in [0.29, 0.717) is 16.1 Å². The molecule has 2 nitrogen and oxygen atoms in total. The summed E-state index contributed by atoms with van der Waals surface area (Å²) >= 11 is 3.24. The van der Waals surface area contributed by atoms with E-state index in [-0.39, 0.29) is 5.56 Å². The fourth-order valence-electron chi connectivity index (χ4n) is 1.82. The first kappa shape index (κ1) is 14.4. The highest BCUT2D eigenvalue weighted by Gasteiger charge is 2.24. The average Bonchev–Trinajstić information content (AvgIpc) is 2.39. The van der Waals surface area contributed by atoms with E-state index in [1.807, 2.05) is 6.07 Å². The standard InChI is InChI=1S/C15H8BrF2NO/c16-10-3-1-2-9(6-10)13(8-19)15(20)12-5-4-11(17)7-14(12)18/h1-7,13H. The van der Waals surface area contributed by atoms with Crippen molar-refractivity contribution in [1.29, 1.82) is 5.26 Å². The molecule has 0 spiro atoms. The Morgan fingerprint density at radius 3 is 2.55 bits per heavy atom. The first-order valence-corrected chi connectivity index (χ1v) is 6.46. The molecule has 0 amide bonds. The molecule has 0 saturated heterocycles. The smallest absolute Gasteiger partial charge is 0.187 e. The van der Waals surface area contributed by atoms with Crippen LogP contribution in [-0.2, 0) is 0 Å². The van der Waals surface area contributed by atoms with Gasteiger partial charge in [-0.15, -0.1) is 0 Å². The molecular weight excluding hydrogens is 328 g/mol. The highest BCUT2D eigenvalue weighted by molar-refractivity contribution is 9.10. The molecule has 100 valence electrons. The minimum absolute atomic E-state index is 0.294. The molecule has 0 heterocycles. The Hall–Kier alpha value is -2.06. The van der Waals surface area contributed by atoms with Crippen molar-refractivity contribution in [3.8, 4) is 6.07 Å². The van der Waals surface area contributed by atoms with Crippen molar-refractivity contribution >= 4 is 21.7 Å². The van der Waals surface area contributed by atoms with Crippen LogP contribution < -0.4 is 0 Å². The van der Waals surface area contributed by atoms with Crippen LogP contribution in [0.25, 0.3) is 0 Å². The zero-order valence-corrected chi connectivity index (χ0v) is 11.7. The third-order valence-corrected chi connectivity index (χ3v) is 3.26.